The molecule has 108 valence electrons. The average molecular weight is 275 g/mol. The number of carbonyl (C=O) groups excluding carboxylic acids is 2. The Kier molecular flexibility index (Phi) is 5.97. The van der Waals surface area contributed by atoms with Gasteiger partial charge >= 0.3 is 5.97 Å². The standard InChI is InChI=1S/C16H21NO3/c1-12(2)14-8-5-13(6-9-14)7-10-15(18)17(3)11-16(19)20-4/h5-10,12H,11H2,1-4H3/b10-7+. The first-order chi connectivity index (χ1) is 9.43. The van der Waals surface area contributed by atoms with Crippen LogP contribution in [-0.2, 0) is 14.3 Å². The molecule has 0 fully saturated rings. The van der Waals surface area contributed by atoms with Crippen LogP contribution in [0.2, 0.25) is 0 Å². The third-order valence-electron chi connectivity index (χ3n) is 2.99. The highest BCUT2D eigenvalue weighted by atomic mass is 16.5. The minimum Gasteiger partial charge on any atom is -0.468 e. The maximum atomic E-state index is 11.8. The van der Waals surface area contributed by atoms with Gasteiger partial charge in [0.1, 0.15) is 6.54 Å². The van der Waals surface area contributed by atoms with Gasteiger partial charge in [0.2, 0.25) is 5.91 Å². The van der Waals surface area contributed by atoms with Gasteiger partial charge in [0.15, 0.2) is 0 Å². The number of likely N-dealkylation sites (N-methyl/N-ethyl adjacent to an activating group) is 1. The summed E-state index contributed by atoms with van der Waals surface area (Å²) in [6.07, 6.45) is 3.19. The first-order valence-corrected chi connectivity index (χ1v) is 6.54. The number of hydrogen-bond acceptors (Lipinski definition) is 3. The minimum atomic E-state index is -0.435. The molecule has 20 heavy (non-hydrogen) atoms. The number of amides is 1. The van der Waals surface area contributed by atoms with Crippen LogP contribution in [0.4, 0.5) is 0 Å². The monoisotopic (exact) mass is 275 g/mol. The molecule has 1 aromatic rings. The van der Waals surface area contributed by atoms with Crippen molar-refractivity contribution in [1.29, 1.82) is 0 Å². The van der Waals surface area contributed by atoms with Gasteiger partial charge in [0, 0.05) is 13.1 Å². The van der Waals surface area contributed by atoms with Crippen molar-refractivity contribution in [1.82, 2.24) is 4.90 Å². The van der Waals surface area contributed by atoms with Gasteiger partial charge in [-0.15, -0.1) is 0 Å². The van der Waals surface area contributed by atoms with Crippen molar-refractivity contribution >= 4 is 18.0 Å². The number of benzene rings is 1. The summed E-state index contributed by atoms with van der Waals surface area (Å²) >= 11 is 0. The van der Waals surface area contributed by atoms with Crippen LogP contribution in [0.1, 0.15) is 30.9 Å². The number of ether oxygens (including phenoxy) is 1. The fourth-order valence-corrected chi connectivity index (χ4v) is 1.62. The fraction of sp³-hybridized carbons (Fsp3) is 0.375. The Morgan fingerprint density at radius 2 is 1.85 bits per heavy atom. The van der Waals surface area contributed by atoms with Crippen LogP contribution in [0.25, 0.3) is 6.08 Å². The van der Waals surface area contributed by atoms with Crippen molar-refractivity contribution in [2.24, 2.45) is 0 Å². The normalized spacial score (nSPS) is 10.8. The summed E-state index contributed by atoms with van der Waals surface area (Å²) in [7, 11) is 2.86. The minimum absolute atomic E-state index is 0.0496. The summed E-state index contributed by atoms with van der Waals surface area (Å²) in [4.78, 5) is 24.1. The number of methoxy groups -OCH3 is 1. The SMILES string of the molecule is COC(=O)CN(C)C(=O)/C=C/c1ccc(C(C)C)cc1. The zero-order valence-electron chi connectivity index (χ0n) is 12.4. The Balaban J connectivity index is 2.62. The van der Waals surface area contributed by atoms with E-state index in [0.29, 0.717) is 5.92 Å². The van der Waals surface area contributed by atoms with Gasteiger partial charge in [0.25, 0.3) is 0 Å². The van der Waals surface area contributed by atoms with E-state index >= 15 is 0 Å². The molecule has 0 saturated heterocycles. The van der Waals surface area contributed by atoms with Gasteiger partial charge in [0.05, 0.1) is 7.11 Å². The lowest BCUT2D eigenvalue weighted by Crippen LogP contribution is -2.31. The quantitative estimate of drug-likeness (QED) is 0.612. The molecule has 4 heteroatoms. The van der Waals surface area contributed by atoms with Crippen LogP contribution >= 0.6 is 0 Å². The number of carbonyl (C=O) groups is 2. The molecule has 0 aliphatic heterocycles. The van der Waals surface area contributed by atoms with Gasteiger partial charge in [-0.1, -0.05) is 38.1 Å². The lowest BCUT2D eigenvalue weighted by molar-refractivity contribution is -0.144. The lowest BCUT2D eigenvalue weighted by Gasteiger charge is -2.12. The first-order valence-electron chi connectivity index (χ1n) is 6.54. The van der Waals surface area contributed by atoms with Crippen LogP contribution in [0.3, 0.4) is 0 Å². The molecular formula is C16H21NO3. The molecule has 0 aromatic heterocycles. The van der Waals surface area contributed by atoms with Crippen molar-refractivity contribution in [3.63, 3.8) is 0 Å². The van der Waals surface area contributed by atoms with Crippen molar-refractivity contribution in [3.8, 4) is 0 Å². The van der Waals surface area contributed by atoms with E-state index in [4.69, 9.17) is 0 Å². The summed E-state index contributed by atoms with van der Waals surface area (Å²) in [5, 5.41) is 0. The number of rotatable bonds is 5. The smallest absolute Gasteiger partial charge is 0.325 e. The summed E-state index contributed by atoms with van der Waals surface area (Å²) in [5.41, 5.74) is 2.21. The number of nitrogens with zero attached hydrogens (tertiary/aromatic N) is 1. The molecule has 0 saturated carbocycles. The van der Waals surface area contributed by atoms with Gasteiger partial charge in [-0.05, 0) is 23.1 Å². The second kappa shape index (κ2) is 7.48. The van der Waals surface area contributed by atoms with Crippen molar-refractivity contribution in [2.45, 2.75) is 19.8 Å². The third-order valence-corrected chi connectivity index (χ3v) is 2.99. The van der Waals surface area contributed by atoms with Crippen LogP contribution in [0, 0.1) is 0 Å². The van der Waals surface area contributed by atoms with E-state index in [1.54, 1.807) is 13.1 Å². The molecule has 1 rings (SSSR count). The highest BCUT2D eigenvalue weighted by molar-refractivity contribution is 5.93. The van der Waals surface area contributed by atoms with Crippen LogP contribution in [0.5, 0.6) is 0 Å². The molecule has 0 radical (unpaired) electrons. The summed E-state index contributed by atoms with van der Waals surface area (Å²) < 4.78 is 4.51. The largest absolute Gasteiger partial charge is 0.468 e. The second-order valence-corrected chi connectivity index (χ2v) is 4.93. The molecule has 4 nitrogen and oxygen atoms in total. The zero-order chi connectivity index (χ0) is 15.1. The fourth-order valence-electron chi connectivity index (χ4n) is 1.62. The molecule has 1 amide bonds. The lowest BCUT2D eigenvalue weighted by atomic mass is 10.0. The van der Waals surface area contributed by atoms with Crippen LogP contribution < -0.4 is 0 Å². The third kappa shape index (κ3) is 4.88. The van der Waals surface area contributed by atoms with Crippen molar-refractivity contribution < 1.29 is 14.3 Å². The number of esters is 1. The Morgan fingerprint density at radius 1 is 1.25 bits per heavy atom. The van der Waals surface area contributed by atoms with E-state index in [2.05, 4.69) is 18.6 Å². The van der Waals surface area contributed by atoms with E-state index in [9.17, 15) is 9.59 Å². The van der Waals surface area contributed by atoms with Gasteiger partial charge < -0.3 is 9.64 Å². The molecular weight excluding hydrogens is 254 g/mol. The molecule has 0 N–H and O–H groups in total. The molecule has 0 atom stereocenters. The Morgan fingerprint density at radius 3 is 2.35 bits per heavy atom. The molecule has 0 heterocycles. The summed E-state index contributed by atoms with van der Waals surface area (Å²) in [5.74, 6) is -0.181. The highest BCUT2D eigenvalue weighted by Gasteiger charge is 2.09. The Bertz CT molecular complexity index is 489. The van der Waals surface area contributed by atoms with Crippen LogP contribution in [0.15, 0.2) is 30.3 Å². The van der Waals surface area contributed by atoms with E-state index in [0.717, 1.165) is 5.56 Å². The van der Waals surface area contributed by atoms with E-state index in [-0.39, 0.29) is 12.5 Å². The summed E-state index contributed by atoms with van der Waals surface area (Å²) in [6.45, 7) is 4.22. The predicted octanol–water partition coefficient (Wildman–Crippen LogP) is 2.45. The Hall–Kier alpha value is -2.10. The number of hydrogen-bond donors (Lipinski definition) is 0. The highest BCUT2D eigenvalue weighted by Crippen LogP contribution is 2.15. The molecule has 0 unspecified atom stereocenters. The van der Waals surface area contributed by atoms with E-state index < -0.39 is 5.97 Å². The topological polar surface area (TPSA) is 46.6 Å². The maximum absolute atomic E-state index is 11.8. The van der Waals surface area contributed by atoms with Gasteiger partial charge in [-0.3, -0.25) is 9.59 Å². The molecule has 0 spiro atoms. The molecule has 1 aromatic carbocycles. The molecule has 0 bridgehead atoms. The van der Waals surface area contributed by atoms with Gasteiger partial charge in [-0.2, -0.15) is 0 Å². The zero-order valence-corrected chi connectivity index (χ0v) is 12.4. The maximum Gasteiger partial charge on any atom is 0.325 e. The second-order valence-electron chi connectivity index (χ2n) is 4.93. The van der Waals surface area contributed by atoms with Crippen molar-refractivity contribution in [2.75, 3.05) is 20.7 Å². The summed E-state index contributed by atoms with van der Waals surface area (Å²) in [6, 6.07) is 8.04. The van der Waals surface area contributed by atoms with Crippen molar-refractivity contribution in [3.05, 3.63) is 41.5 Å². The average Bonchev–Trinajstić information content (AvgIpc) is 2.44. The molecule has 0 aliphatic rings. The van der Waals surface area contributed by atoms with E-state index in [1.165, 1.54) is 23.6 Å². The van der Waals surface area contributed by atoms with Gasteiger partial charge in [-0.25, -0.2) is 0 Å². The van der Waals surface area contributed by atoms with Crippen LogP contribution in [-0.4, -0.2) is 37.5 Å². The Labute approximate surface area is 120 Å². The van der Waals surface area contributed by atoms with E-state index in [1.807, 2.05) is 24.3 Å². The first kappa shape index (κ1) is 16.0. The predicted molar refractivity (Wildman–Crippen MR) is 79.2 cm³/mol. The molecule has 0 aliphatic carbocycles.